The van der Waals surface area contributed by atoms with Crippen molar-refractivity contribution in [3.8, 4) is 0 Å². The first kappa shape index (κ1) is 10.0. The van der Waals surface area contributed by atoms with Gasteiger partial charge in [0.2, 0.25) is 0 Å². The van der Waals surface area contributed by atoms with E-state index in [-0.39, 0.29) is 0 Å². The lowest BCUT2D eigenvalue weighted by atomic mass is 10.0. The highest BCUT2D eigenvalue weighted by molar-refractivity contribution is 5.47. The smallest absolute Gasteiger partial charge is 0.0484 e. The van der Waals surface area contributed by atoms with Gasteiger partial charge in [0.15, 0.2) is 0 Å². The van der Waals surface area contributed by atoms with E-state index in [2.05, 4.69) is 61.7 Å². The summed E-state index contributed by atoms with van der Waals surface area (Å²) < 4.78 is 0. The molecule has 1 unspecified atom stereocenters. The third-order valence-corrected chi connectivity index (χ3v) is 2.64. The van der Waals surface area contributed by atoms with E-state index in [4.69, 9.17) is 0 Å². The lowest BCUT2D eigenvalue weighted by Gasteiger charge is -2.19. The highest BCUT2D eigenvalue weighted by Gasteiger charge is 2.07. The molecule has 1 heteroatoms. The Hall–Kier alpha value is -1.50. The Bertz CT molecular complexity index is 402. The zero-order valence-electron chi connectivity index (χ0n) is 9.33. The normalized spacial score (nSPS) is 19.9. The SMILES string of the molecule is CC1=CC=CC(Nc2cccc(C)c2)C1. The van der Waals surface area contributed by atoms with Gasteiger partial charge in [0, 0.05) is 11.7 Å². The molecule has 0 aromatic heterocycles. The molecule has 1 aromatic rings. The van der Waals surface area contributed by atoms with Crippen molar-refractivity contribution < 1.29 is 0 Å². The summed E-state index contributed by atoms with van der Waals surface area (Å²) in [6, 6.07) is 8.95. The molecule has 0 amide bonds. The molecular weight excluding hydrogens is 182 g/mol. The molecule has 0 saturated carbocycles. The second kappa shape index (κ2) is 4.35. The van der Waals surface area contributed by atoms with Crippen LogP contribution in [0.4, 0.5) is 5.69 Å². The highest BCUT2D eigenvalue weighted by Crippen LogP contribution is 2.17. The largest absolute Gasteiger partial charge is 0.379 e. The minimum absolute atomic E-state index is 0.441. The van der Waals surface area contributed by atoms with E-state index in [1.54, 1.807) is 0 Å². The van der Waals surface area contributed by atoms with Crippen molar-refractivity contribution in [2.24, 2.45) is 0 Å². The van der Waals surface area contributed by atoms with E-state index in [0.29, 0.717) is 6.04 Å². The van der Waals surface area contributed by atoms with Crippen molar-refractivity contribution in [3.63, 3.8) is 0 Å². The van der Waals surface area contributed by atoms with Crippen LogP contribution in [0.25, 0.3) is 0 Å². The van der Waals surface area contributed by atoms with Crippen LogP contribution in [-0.4, -0.2) is 6.04 Å². The number of benzene rings is 1. The van der Waals surface area contributed by atoms with Crippen LogP contribution in [0.2, 0.25) is 0 Å². The molecule has 0 radical (unpaired) electrons. The zero-order chi connectivity index (χ0) is 10.7. The van der Waals surface area contributed by atoms with Crippen molar-refractivity contribution in [1.82, 2.24) is 0 Å². The van der Waals surface area contributed by atoms with Gasteiger partial charge in [-0.05, 0) is 38.0 Å². The zero-order valence-corrected chi connectivity index (χ0v) is 9.33. The van der Waals surface area contributed by atoms with Crippen LogP contribution in [-0.2, 0) is 0 Å². The topological polar surface area (TPSA) is 12.0 Å². The first-order valence-electron chi connectivity index (χ1n) is 5.41. The summed E-state index contributed by atoms with van der Waals surface area (Å²) >= 11 is 0. The van der Waals surface area contributed by atoms with Gasteiger partial charge in [0.1, 0.15) is 0 Å². The summed E-state index contributed by atoms with van der Waals surface area (Å²) in [6.07, 6.45) is 7.63. The predicted octanol–water partition coefficient (Wildman–Crippen LogP) is 3.68. The van der Waals surface area contributed by atoms with Crippen LogP contribution in [0.1, 0.15) is 18.9 Å². The molecule has 1 aliphatic rings. The van der Waals surface area contributed by atoms with E-state index < -0.39 is 0 Å². The summed E-state index contributed by atoms with van der Waals surface area (Å²) in [4.78, 5) is 0. The van der Waals surface area contributed by atoms with Crippen LogP contribution < -0.4 is 5.32 Å². The molecule has 1 aromatic carbocycles. The summed E-state index contributed by atoms with van der Waals surface area (Å²) in [5.41, 5.74) is 3.94. The minimum atomic E-state index is 0.441. The van der Waals surface area contributed by atoms with Gasteiger partial charge in [-0.2, -0.15) is 0 Å². The first-order valence-corrected chi connectivity index (χ1v) is 5.41. The van der Waals surface area contributed by atoms with E-state index in [9.17, 15) is 0 Å². The average Bonchev–Trinajstić information content (AvgIpc) is 2.17. The van der Waals surface area contributed by atoms with Crippen molar-refractivity contribution in [1.29, 1.82) is 0 Å². The maximum Gasteiger partial charge on any atom is 0.0484 e. The maximum absolute atomic E-state index is 3.52. The Morgan fingerprint density at radius 3 is 2.87 bits per heavy atom. The van der Waals surface area contributed by atoms with Crippen molar-refractivity contribution in [3.05, 3.63) is 53.6 Å². The number of aryl methyl sites for hydroxylation is 1. The Balaban J connectivity index is 2.04. The first-order chi connectivity index (χ1) is 7.24. The van der Waals surface area contributed by atoms with Crippen LogP contribution in [0, 0.1) is 6.92 Å². The van der Waals surface area contributed by atoms with Gasteiger partial charge < -0.3 is 5.32 Å². The Kier molecular flexibility index (Phi) is 2.91. The van der Waals surface area contributed by atoms with E-state index in [1.807, 2.05) is 0 Å². The molecule has 0 aliphatic heterocycles. The number of rotatable bonds is 2. The molecule has 15 heavy (non-hydrogen) atoms. The lowest BCUT2D eigenvalue weighted by Crippen LogP contribution is -2.18. The molecule has 0 heterocycles. The maximum atomic E-state index is 3.52. The fraction of sp³-hybridized carbons (Fsp3) is 0.286. The third-order valence-electron chi connectivity index (χ3n) is 2.64. The van der Waals surface area contributed by atoms with Gasteiger partial charge >= 0.3 is 0 Å². The molecule has 2 rings (SSSR count). The van der Waals surface area contributed by atoms with Gasteiger partial charge in [-0.15, -0.1) is 0 Å². The number of anilines is 1. The number of allylic oxidation sites excluding steroid dienone is 2. The van der Waals surface area contributed by atoms with Crippen LogP contribution in [0.5, 0.6) is 0 Å². The van der Waals surface area contributed by atoms with Crippen molar-refractivity contribution >= 4 is 5.69 Å². The molecule has 0 bridgehead atoms. The van der Waals surface area contributed by atoms with E-state index in [1.165, 1.54) is 16.8 Å². The third kappa shape index (κ3) is 2.72. The summed E-state index contributed by atoms with van der Waals surface area (Å²) in [5.74, 6) is 0. The Labute approximate surface area is 91.5 Å². The molecule has 0 spiro atoms. The number of hydrogen-bond acceptors (Lipinski definition) is 1. The Morgan fingerprint density at radius 2 is 2.13 bits per heavy atom. The van der Waals surface area contributed by atoms with Crippen molar-refractivity contribution in [2.45, 2.75) is 26.3 Å². The van der Waals surface area contributed by atoms with Crippen LogP contribution in [0.3, 0.4) is 0 Å². The quantitative estimate of drug-likeness (QED) is 0.766. The van der Waals surface area contributed by atoms with Gasteiger partial charge in [-0.1, -0.05) is 35.9 Å². The second-order valence-electron chi connectivity index (χ2n) is 4.22. The van der Waals surface area contributed by atoms with Crippen LogP contribution >= 0.6 is 0 Å². The monoisotopic (exact) mass is 199 g/mol. The summed E-state index contributed by atoms with van der Waals surface area (Å²) in [7, 11) is 0. The number of hydrogen-bond donors (Lipinski definition) is 1. The predicted molar refractivity (Wildman–Crippen MR) is 66.1 cm³/mol. The van der Waals surface area contributed by atoms with E-state index in [0.717, 1.165) is 6.42 Å². The molecule has 78 valence electrons. The van der Waals surface area contributed by atoms with Gasteiger partial charge in [-0.3, -0.25) is 0 Å². The van der Waals surface area contributed by atoms with Gasteiger partial charge in [0.05, 0.1) is 0 Å². The van der Waals surface area contributed by atoms with E-state index >= 15 is 0 Å². The van der Waals surface area contributed by atoms with Gasteiger partial charge in [0.25, 0.3) is 0 Å². The summed E-state index contributed by atoms with van der Waals surface area (Å²) in [5, 5.41) is 3.52. The molecule has 0 saturated heterocycles. The average molecular weight is 199 g/mol. The number of nitrogens with one attached hydrogen (secondary N) is 1. The van der Waals surface area contributed by atoms with Crippen molar-refractivity contribution in [2.75, 3.05) is 5.32 Å². The fourth-order valence-corrected chi connectivity index (χ4v) is 1.88. The molecular formula is C14H17N. The Morgan fingerprint density at radius 1 is 1.27 bits per heavy atom. The lowest BCUT2D eigenvalue weighted by molar-refractivity contribution is 0.840. The van der Waals surface area contributed by atoms with Gasteiger partial charge in [-0.25, -0.2) is 0 Å². The highest BCUT2D eigenvalue weighted by atomic mass is 14.9. The standard InChI is InChI=1S/C14H17N/c1-11-5-3-7-13(9-11)15-14-8-4-6-12(2)10-14/h3-9,14-15H,10H2,1-2H3. The summed E-state index contributed by atoms with van der Waals surface area (Å²) in [6.45, 7) is 4.29. The minimum Gasteiger partial charge on any atom is -0.379 e. The molecule has 1 aliphatic carbocycles. The molecule has 1 N–H and O–H groups in total. The molecule has 0 fully saturated rings. The molecule has 1 atom stereocenters. The second-order valence-corrected chi connectivity index (χ2v) is 4.22. The fourth-order valence-electron chi connectivity index (χ4n) is 1.88. The molecule has 1 nitrogen and oxygen atoms in total. The van der Waals surface area contributed by atoms with Crippen LogP contribution in [0.15, 0.2) is 48.1 Å².